The van der Waals surface area contributed by atoms with Crippen molar-refractivity contribution in [2.45, 2.75) is 26.3 Å². The number of aryl methyl sites for hydroxylation is 1. The Morgan fingerprint density at radius 2 is 2.29 bits per heavy atom. The summed E-state index contributed by atoms with van der Waals surface area (Å²) in [5.41, 5.74) is 0.596. The van der Waals surface area contributed by atoms with Crippen LogP contribution in [0.2, 0.25) is 0 Å². The fourth-order valence-electron chi connectivity index (χ4n) is 1.68. The second-order valence-corrected chi connectivity index (χ2v) is 4.46. The minimum Gasteiger partial charge on any atom is -0.351 e. The number of carbonyl (C=O) groups is 1. The van der Waals surface area contributed by atoms with E-state index in [4.69, 9.17) is 5.26 Å². The SMILES string of the molecule is Cc1cc(CNC(=O)C2(C#N)CC2)ccc1F. The molecule has 1 N–H and O–H groups in total. The second-order valence-electron chi connectivity index (χ2n) is 4.46. The van der Waals surface area contributed by atoms with E-state index in [0.29, 0.717) is 24.9 Å². The van der Waals surface area contributed by atoms with Crippen molar-refractivity contribution in [3.05, 3.63) is 35.1 Å². The molecule has 2 rings (SSSR count). The topological polar surface area (TPSA) is 52.9 Å². The molecular weight excluding hydrogens is 219 g/mol. The molecule has 0 unspecified atom stereocenters. The maximum atomic E-state index is 13.0. The van der Waals surface area contributed by atoms with E-state index in [1.54, 1.807) is 19.1 Å². The van der Waals surface area contributed by atoms with Gasteiger partial charge in [-0.15, -0.1) is 0 Å². The third kappa shape index (κ3) is 2.28. The smallest absolute Gasteiger partial charge is 0.240 e. The fourth-order valence-corrected chi connectivity index (χ4v) is 1.68. The lowest BCUT2D eigenvalue weighted by molar-refractivity contribution is -0.124. The molecule has 0 aromatic heterocycles. The van der Waals surface area contributed by atoms with Gasteiger partial charge in [-0.25, -0.2) is 4.39 Å². The largest absolute Gasteiger partial charge is 0.351 e. The Kier molecular flexibility index (Phi) is 2.84. The number of benzene rings is 1. The van der Waals surface area contributed by atoms with Gasteiger partial charge in [-0.2, -0.15) is 5.26 Å². The van der Waals surface area contributed by atoms with Gasteiger partial charge in [0.2, 0.25) is 5.91 Å². The number of nitrogens with zero attached hydrogens (tertiary/aromatic N) is 1. The van der Waals surface area contributed by atoms with Crippen LogP contribution < -0.4 is 5.32 Å². The Balaban J connectivity index is 1.97. The Labute approximate surface area is 99.2 Å². The molecule has 0 saturated heterocycles. The second kappa shape index (κ2) is 4.17. The van der Waals surface area contributed by atoms with Gasteiger partial charge < -0.3 is 5.32 Å². The zero-order valence-electron chi connectivity index (χ0n) is 9.59. The molecule has 88 valence electrons. The first-order valence-corrected chi connectivity index (χ1v) is 5.52. The van der Waals surface area contributed by atoms with E-state index in [0.717, 1.165) is 5.56 Å². The molecule has 0 aliphatic heterocycles. The lowest BCUT2D eigenvalue weighted by atomic mass is 10.1. The summed E-state index contributed by atoms with van der Waals surface area (Å²) in [7, 11) is 0. The van der Waals surface area contributed by atoms with Crippen molar-refractivity contribution in [1.82, 2.24) is 5.32 Å². The van der Waals surface area contributed by atoms with E-state index < -0.39 is 5.41 Å². The molecule has 1 amide bonds. The van der Waals surface area contributed by atoms with Gasteiger partial charge in [0.15, 0.2) is 0 Å². The highest BCUT2D eigenvalue weighted by molar-refractivity contribution is 5.88. The number of rotatable bonds is 3. The molecule has 1 aliphatic carbocycles. The molecule has 4 heteroatoms. The van der Waals surface area contributed by atoms with Crippen molar-refractivity contribution in [3.8, 4) is 6.07 Å². The monoisotopic (exact) mass is 232 g/mol. The molecule has 0 bridgehead atoms. The van der Waals surface area contributed by atoms with E-state index >= 15 is 0 Å². The average molecular weight is 232 g/mol. The number of halogens is 1. The maximum absolute atomic E-state index is 13.0. The van der Waals surface area contributed by atoms with Crippen molar-refractivity contribution in [2.75, 3.05) is 0 Å². The number of nitriles is 1. The van der Waals surface area contributed by atoms with E-state index in [9.17, 15) is 9.18 Å². The van der Waals surface area contributed by atoms with Gasteiger partial charge in [-0.05, 0) is 37.0 Å². The molecule has 1 saturated carbocycles. The molecule has 0 heterocycles. The number of carbonyl (C=O) groups excluding carboxylic acids is 1. The van der Waals surface area contributed by atoms with Crippen LogP contribution in [0.15, 0.2) is 18.2 Å². The standard InChI is InChI=1S/C13H13FN2O/c1-9-6-10(2-3-11(9)14)7-16-12(17)13(8-15)4-5-13/h2-3,6H,4-5,7H2,1H3,(H,16,17). The Hall–Kier alpha value is -1.89. The quantitative estimate of drug-likeness (QED) is 0.867. The van der Waals surface area contributed by atoms with Crippen molar-refractivity contribution in [3.63, 3.8) is 0 Å². The van der Waals surface area contributed by atoms with E-state index in [-0.39, 0.29) is 11.7 Å². The summed E-state index contributed by atoms with van der Waals surface area (Å²) in [6, 6.07) is 6.75. The normalized spacial score (nSPS) is 16.1. The van der Waals surface area contributed by atoms with Crippen molar-refractivity contribution >= 4 is 5.91 Å². The number of hydrogen-bond acceptors (Lipinski definition) is 2. The zero-order chi connectivity index (χ0) is 12.5. The maximum Gasteiger partial charge on any atom is 0.240 e. The lowest BCUT2D eigenvalue weighted by Gasteiger charge is -2.08. The summed E-state index contributed by atoms with van der Waals surface area (Å²) in [5, 5.41) is 11.6. The minimum atomic E-state index is -0.797. The molecule has 1 aliphatic rings. The first kappa shape index (κ1) is 11.6. The van der Waals surface area contributed by atoms with E-state index in [1.807, 2.05) is 6.07 Å². The van der Waals surface area contributed by atoms with Gasteiger partial charge >= 0.3 is 0 Å². The fraction of sp³-hybridized carbons (Fsp3) is 0.385. The van der Waals surface area contributed by atoms with Gasteiger partial charge in [0, 0.05) is 6.54 Å². The Bertz CT molecular complexity index is 501. The molecule has 0 atom stereocenters. The van der Waals surface area contributed by atoms with Gasteiger partial charge in [0.25, 0.3) is 0 Å². The summed E-state index contributed by atoms with van der Waals surface area (Å²) in [4.78, 5) is 11.7. The van der Waals surface area contributed by atoms with Gasteiger partial charge in [0.05, 0.1) is 6.07 Å². The minimum absolute atomic E-state index is 0.220. The predicted molar refractivity (Wildman–Crippen MR) is 60.3 cm³/mol. The highest BCUT2D eigenvalue weighted by Gasteiger charge is 2.50. The van der Waals surface area contributed by atoms with Crippen LogP contribution in [-0.2, 0) is 11.3 Å². The third-order valence-corrected chi connectivity index (χ3v) is 3.07. The van der Waals surface area contributed by atoms with Crippen molar-refractivity contribution in [2.24, 2.45) is 5.41 Å². The molecule has 0 radical (unpaired) electrons. The molecule has 0 spiro atoms. The van der Waals surface area contributed by atoms with Crippen LogP contribution in [0, 0.1) is 29.5 Å². The van der Waals surface area contributed by atoms with Crippen LogP contribution in [0.5, 0.6) is 0 Å². The zero-order valence-corrected chi connectivity index (χ0v) is 9.59. The molecule has 1 aromatic carbocycles. The molecule has 1 fully saturated rings. The lowest BCUT2D eigenvalue weighted by Crippen LogP contribution is -2.30. The van der Waals surface area contributed by atoms with Crippen molar-refractivity contribution < 1.29 is 9.18 Å². The predicted octanol–water partition coefficient (Wildman–Crippen LogP) is 2.05. The Morgan fingerprint density at radius 1 is 1.59 bits per heavy atom. The summed E-state index contributed by atoms with van der Waals surface area (Å²) >= 11 is 0. The van der Waals surface area contributed by atoms with Crippen LogP contribution in [0.4, 0.5) is 4.39 Å². The third-order valence-electron chi connectivity index (χ3n) is 3.07. The number of amides is 1. The van der Waals surface area contributed by atoms with Gasteiger partial charge in [-0.3, -0.25) is 4.79 Å². The van der Waals surface area contributed by atoms with Crippen LogP contribution in [-0.4, -0.2) is 5.91 Å². The van der Waals surface area contributed by atoms with E-state index in [1.165, 1.54) is 6.07 Å². The first-order chi connectivity index (χ1) is 8.07. The number of hydrogen-bond donors (Lipinski definition) is 1. The first-order valence-electron chi connectivity index (χ1n) is 5.52. The summed E-state index contributed by atoms with van der Waals surface area (Å²) in [6.45, 7) is 2.02. The Morgan fingerprint density at radius 3 is 2.82 bits per heavy atom. The highest BCUT2D eigenvalue weighted by Crippen LogP contribution is 2.44. The molecule has 17 heavy (non-hydrogen) atoms. The van der Waals surface area contributed by atoms with Crippen LogP contribution >= 0.6 is 0 Å². The average Bonchev–Trinajstić information content (AvgIpc) is 3.11. The van der Waals surface area contributed by atoms with Crippen LogP contribution in [0.1, 0.15) is 24.0 Å². The van der Waals surface area contributed by atoms with Gasteiger partial charge in [-0.1, -0.05) is 12.1 Å². The van der Waals surface area contributed by atoms with Gasteiger partial charge in [0.1, 0.15) is 11.2 Å². The summed E-state index contributed by atoms with van der Waals surface area (Å²) in [6.07, 6.45) is 1.27. The van der Waals surface area contributed by atoms with Crippen LogP contribution in [0.3, 0.4) is 0 Å². The summed E-state index contributed by atoms with van der Waals surface area (Å²) in [5.74, 6) is -0.474. The van der Waals surface area contributed by atoms with Crippen molar-refractivity contribution in [1.29, 1.82) is 5.26 Å². The van der Waals surface area contributed by atoms with E-state index in [2.05, 4.69) is 5.32 Å². The summed E-state index contributed by atoms with van der Waals surface area (Å²) < 4.78 is 13.0. The molecule has 3 nitrogen and oxygen atoms in total. The highest BCUT2D eigenvalue weighted by atomic mass is 19.1. The number of nitrogens with one attached hydrogen (secondary N) is 1. The molecule has 1 aromatic rings. The molecular formula is C13H13FN2O. The van der Waals surface area contributed by atoms with Crippen LogP contribution in [0.25, 0.3) is 0 Å².